The maximum absolute atomic E-state index is 5.80. The third-order valence-corrected chi connectivity index (χ3v) is 4.01. The standard InChI is InChI=1S/C16H25NO/c1-3-18-16-12-8-7-10-14(16)13-9-5-4-6-11-15(13)17-2/h7-8,10,12-13,15,17H,3-6,9,11H2,1-2H3. The molecule has 1 fully saturated rings. The lowest BCUT2D eigenvalue weighted by Crippen LogP contribution is -2.31. The second-order valence-electron chi connectivity index (χ2n) is 5.11. The van der Waals surface area contributed by atoms with Crippen LogP contribution in [0.25, 0.3) is 0 Å². The fraction of sp³-hybridized carbons (Fsp3) is 0.625. The van der Waals surface area contributed by atoms with Crippen molar-refractivity contribution in [2.45, 2.75) is 51.0 Å². The summed E-state index contributed by atoms with van der Waals surface area (Å²) in [5.41, 5.74) is 1.39. The molecule has 0 radical (unpaired) electrons. The fourth-order valence-electron chi connectivity index (χ4n) is 3.10. The van der Waals surface area contributed by atoms with Crippen molar-refractivity contribution in [3.63, 3.8) is 0 Å². The summed E-state index contributed by atoms with van der Waals surface area (Å²) in [7, 11) is 2.09. The van der Waals surface area contributed by atoms with E-state index in [1.165, 1.54) is 37.7 Å². The molecule has 1 N–H and O–H groups in total. The number of benzene rings is 1. The van der Waals surface area contributed by atoms with Gasteiger partial charge in [-0.2, -0.15) is 0 Å². The number of hydrogen-bond acceptors (Lipinski definition) is 2. The van der Waals surface area contributed by atoms with Crippen LogP contribution >= 0.6 is 0 Å². The summed E-state index contributed by atoms with van der Waals surface area (Å²) in [5, 5.41) is 3.51. The van der Waals surface area contributed by atoms with Gasteiger partial charge >= 0.3 is 0 Å². The van der Waals surface area contributed by atoms with E-state index in [-0.39, 0.29) is 0 Å². The second kappa shape index (κ2) is 6.79. The Labute approximate surface area is 111 Å². The molecule has 0 saturated heterocycles. The molecule has 2 atom stereocenters. The lowest BCUT2D eigenvalue weighted by Gasteiger charge is -2.26. The number of rotatable bonds is 4. The summed E-state index contributed by atoms with van der Waals surface area (Å²) in [6.07, 6.45) is 6.60. The van der Waals surface area contributed by atoms with Crippen LogP contribution in [0, 0.1) is 0 Å². The van der Waals surface area contributed by atoms with Crippen LogP contribution in [0.15, 0.2) is 24.3 Å². The van der Waals surface area contributed by atoms with E-state index in [0.717, 1.165) is 12.4 Å². The van der Waals surface area contributed by atoms with Gasteiger partial charge < -0.3 is 10.1 Å². The molecule has 1 saturated carbocycles. The van der Waals surface area contributed by atoms with Crippen LogP contribution in [0.1, 0.15) is 50.5 Å². The molecule has 1 aliphatic rings. The Kier molecular flexibility index (Phi) is 5.06. The first-order valence-corrected chi connectivity index (χ1v) is 7.25. The largest absolute Gasteiger partial charge is 0.494 e. The minimum Gasteiger partial charge on any atom is -0.494 e. The van der Waals surface area contributed by atoms with Crippen LogP contribution in [0.3, 0.4) is 0 Å². The zero-order valence-corrected chi connectivity index (χ0v) is 11.6. The van der Waals surface area contributed by atoms with E-state index in [9.17, 15) is 0 Å². The normalized spacial score (nSPS) is 24.6. The quantitative estimate of drug-likeness (QED) is 0.819. The van der Waals surface area contributed by atoms with Gasteiger partial charge in [0.2, 0.25) is 0 Å². The molecule has 2 rings (SSSR count). The predicted molar refractivity (Wildman–Crippen MR) is 76.3 cm³/mol. The first kappa shape index (κ1) is 13.4. The maximum Gasteiger partial charge on any atom is 0.122 e. The van der Waals surface area contributed by atoms with Gasteiger partial charge in [0.15, 0.2) is 0 Å². The van der Waals surface area contributed by atoms with Crippen molar-refractivity contribution < 1.29 is 4.74 Å². The van der Waals surface area contributed by atoms with E-state index in [1.807, 2.05) is 0 Å². The van der Waals surface area contributed by atoms with Gasteiger partial charge in [0.05, 0.1) is 6.61 Å². The van der Waals surface area contributed by atoms with E-state index < -0.39 is 0 Å². The zero-order chi connectivity index (χ0) is 12.8. The lowest BCUT2D eigenvalue weighted by molar-refractivity contribution is 0.327. The van der Waals surface area contributed by atoms with Crippen molar-refractivity contribution in [3.8, 4) is 5.75 Å². The highest BCUT2D eigenvalue weighted by molar-refractivity contribution is 5.37. The van der Waals surface area contributed by atoms with Crippen LogP contribution in [-0.2, 0) is 0 Å². The summed E-state index contributed by atoms with van der Waals surface area (Å²) in [6.45, 7) is 2.80. The molecular weight excluding hydrogens is 222 g/mol. The number of hydrogen-bond donors (Lipinski definition) is 1. The van der Waals surface area contributed by atoms with Gasteiger partial charge in [-0.15, -0.1) is 0 Å². The molecule has 0 amide bonds. The third-order valence-electron chi connectivity index (χ3n) is 4.01. The zero-order valence-electron chi connectivity index (χ0n) is 11.6. The molecule has 0 heterocycles. The van der Waals surface area contributed by atoms with Gasteiger partial charge in [-0.1, -0.05) is 37.5 Å². The van der Waals surface area contributed by atoms with Gasteiger partial charge in [0, 0.05) is 12.0 Å². The molecule has 0 aliphatic heterocycles. The van der Waals surface area contributed by atoms with Gasteiger partial charge in [-0.05, 0) is 38.4 Å². The van der Waals surface area contributed by atoms with E-state index >= 15 is 0 Å². The molecule has 1 aromatic carbocycles. The molecule has 1 aromatic rings. The highest BCUT2D eigenvalue weighted by Crippen LogP contribution is 2.36. The lowest BCUT2D eigenvalue weighted by atomic mass is 9.87. The highest BCUT2D eigenvalue weighted by atomic mass is 16.5. The Morgan fingerprint density at radius 3 is 2.72 bits per heavy atom. The number of nitrogens with one attached hydrogen (secondary N) is 1. The average Bonchev–Trinajstić information content (AvgIpc) is 2.65. The molecule has 0 bridgehead atoms. The summed E-state index contributed by atoms with van der Waals surface area (Å²) in [6, 6.07) is 9.14. The van der Waals surface area contributed by atoms with Gasteiger partial charge in [-0.3, -0.25) is 0 Å². The summed E-state index contributed by atoms with van der Waals surface area (Å²) >= 11 is 0. The van der Waals surface area contributed by atoms with Gasteiger partial charge in [0.1, 0.15) is 5.75 Å². The predicted octanol–water partition coefficient (Wildman–Crippen LogP) is 3.72. The molecule has 0 spiro atoms. The topological polar surface area (TPSA) is 21.3 Å². The molecule has 18 heavy (non-hydrogen) atoms. The van der Waals surface area contributed by atoms with Crippen LogP contribution in [0.5, 0.6) is 5.75 Å². The van der Waals surface area contributed by atoms with Crippen LogP contribution in [-0.4, -0.2) is 19.7 Å². The van der Waals surface area contributed by atoms with Crippen molar-refractivity contribution in [2.24, 2.45) is 0 Å². The molecular formula is C16H25NO. The van der Waals surface area contributed by atoms with Crippen molar-refractivity contribution in [3.05, 3.63) is 29.8 Å². The molecule has 2 unspecified atom stereocenters. The molecule has 1 aliphatic carbocycles. The monoisotopic (exact) mass is 247 g/mol. The molecule has 0 aromatic heterocycles. The van der Waals surface area contributed by atoms with Crippen molar-refractivity contribution >= 4 is 0 Å². The van der Waals surface area contributed by atoms with Crippen molar-refractivity contribution in [1.82, 2.24) is 5.32 Å². The second-order valence-corrected chi connectivity index (χ2v) is 5.11. The van der Waals surface area contributed by atoms with E-state index in [4.69, 9.17) is 4.74 Å². The first-order chi connectivity index (χ1) is 8.86. The smallest absolute Gasteiger partial charge is 0.122 e. The van der Waals surface area contributed by atoms with E-state index in [1.54, 1.807) is 0 Å². The maximum atomic E-state index is 5.80. The van der Waals surface area contributed by atoms with Gasteiger partial charge in [0.25, 0.3) is 0 Å². The Morgan fingerprint density at radius 1 is 1.17 bits per heavy atom. The van der Waals surface area contributed by atoms with Crippen LogP contribution in [0.4, 0.5) is 0 Å². The molecule has 2 heteroatoms. The Bertz CT molecular complexity index is 364. The number of para-hydroxylation sites is 1. The van der Waals surface area contributed by atoms with Crippen molar-refractivity contribution in [1.29, 1.82) is 0 Å². The van der Waals surface area contributed by atoms with Crippen LogP contribution < -0.4 is 10.1 Å². The van der Waals surface area contributed by atoms with E-state index in [0.29, 0.717) is 12.0 Å². The number of likely N-dealkylation sites (N-methyl/N-ethyl adjacent to an activating group) is 1. The Morgan fingerprint density at radius 2 is 1.94 bits per heavy atom. The molecule has 2 nitrogen and oxygen atoms in total. The van der Waals surface area contributed by atoms with Crippen LogP contribution in [0.2, 0.25) is 0 Å². The third kappa shape index (κ3) is 3.05. The molecule has 100 valence electrons. The summed E-state index contributed by atoms with van der Waals surface area (Å²) in [5.74, 6) is 1.67. The Balaban J connectivity index is 2.26. The summed E-state index contributed by atoms with van der Waals surface area (Å²) < 4.78 is 5.80. The fourth-order valence-corrected chi connectivity index (χ4v) is 3.10. The number of ether oxygens (including phenoxy) is 1. The highest BCUT2D eigenvalue weighted by Gasteiger charge is 2.25. The Hall–Kier alpha value is -1.02. The van der Waals surface area contributed by atoms with Gasteiger partial charge in [-0.25, -0.2) is 0 Å². The average molecular weight is 247 g/mol. The van der Waals surface area contributed by atoms with Crippen molar-refractivity contribution in [2.75, 3.05) is 13.7 Å². The minimum atomic E-state index is 0.592. The van der Waals surface area contributed by atoms with E-state index in [2.05, 4.69) is 43.6 Å². The SMILES string of the molecule is CCOc1ccccc1C1CCCCCC1NC. The summed E-state index contributed by atoms with van der Waals surface area (Å²) in [4.78, 5) is 0. The minimum absolute atomic E-state index is 0.592. The first-order valence-electron chi connectivity index (χ1n) is 7.25.